The lowest BCUT2D eigenvalue weighted by atomic mass is 9.87. The summed E-state index contributed by atoms with van der Waals surface area (Å²) in [5, 5.41) is 21.0. The summed E-state index contributed by atoms with van der Waals surface area (Å²) in [4.78, 5) is 33.2. The zero-order chi connectivity index (χ0) is 105. The predicted molar refractivity (Wildman–Crippen MR) is 599 cm³/mol. The van der Waals surface area contributed by atoms with Crippen LogP contribution in [0.1, 0.15) is 470 Å². The van der Waals surface area contributed by atoms with Crippen molar-refractivity contribution >= 4 is 27.7 Å². The molecule has 4 aliphatic rings. The molecule has 0 unspecified atom stereocenters. The van der Waals surface area contributed by atoms with Crippen molar-refractivity contribution in [1.29, 1.82) is 0 Å². The first-order chi connectivity index (χ1) is 58.7. The van der Waals surface area contributed by atoms with E-state index in [2.05, 4.69) is 249 Å². The summed E-state index contributed by atoms with van der Waals surface area (Å²) in [5.41, 5.74) is 4.72. The Bertz CT molecular complexity index is 2270. The van der Waals surface area contributed by atoms with E-state index in [4.69, 9.17) is 14.6 Å². The molecule has 780 valence electrons. The van der Waals surface area contributed by atoms with Crippen molar-refractivity contribution in [2.45, 2.75) is 476 Å². The molecule has 4 aliphatic heterocycles. The highest BCUT2D eigenvalue weighted by atomic mass is 32.2. The van der Waals surface area contributed by atoms with Crippen molar-refractivity contribution in [2.75, 3.05) is 144 Å². The molecule has 0 radical (unpaired) electrons. The maximum Gasteiger partial charge on any atom is 0.0978 e. The number of aromatic nitrogens is 5. The topological polar surface area (TPSA) is 140 Å². The highest BCUT2D eigenvalue weighted by Crippen LogP contribution is 2.27. The van der Waals surface area contributed by atoms with Crippen LogP contribution in [-0.2, 0) is 25.7 Å². The van der Waals surface area contributed by atoms with Gasteiger partial charge in [-0.2, -0.15) is 10.5 Å². The van der Waals surface area contributed by atoms with Crippen LogP contribution in [0.4, 0.5) is 0 Å². The maximum atomic E-state index is 9.41. The fourth-order valence-corrected chi connectivity index (χ4v) is 11.9. The zero-order valence-corrected chi connectivity index (χ0v) is 101. The first kappa shape index (κ1) is 164. The van der Waals surface area contributed by atoms with Gasteiger partial charge in [-0.15, -0.1) is 11.3 Å². The number of ether oxygens (including phenoxy) is 2. The third-order valence-electron chi connectivity index (χ3n) is 14.8. The lowest BCUT2D eigenvalue weighted by Gasteiger charge is -2.36. The summed E-state index contributed by atoms with van der Waals surface area (Å²) < 4.78 is 10.2. The Labute approximate surface area is 814 Å². The van der Waals surface area contributed by atoms with Crippen LogP contribution in [0.2, 0.25) is 0 Å². The van der Waals surface area contributed by atoms with Gasteiger partial charge in [-0.3, -0.25) is 24.8 Å². The lowest BCUT2D eigenvalue weighted by Crippen LogP contribution is -2.47. The van der Waals surface area contributed by atoms with E-state index in [1.807, 2.05) is 240 Å². The first-order valence-electron chi connectivity index (χ1n) is 51.6. The van der Waals surface area contributed by atoms with Gasteiger partial charge in [-0.25, -0.2) is 4.98 Å². The Kier molecular flexibility index (Phi) is 137. The van der Waals surface area contributed by atoms with E-state index in [1.54, 1.807) is 55.6 Å². The zero-order valence-electron chi connectivity index (χ0n) is 99.7. The second-order valence-corrected chi connectivity index (χ2v) is 43.0. The van der Waals surface area contributed by atoms with Gasteiger partial charge in [0.15, 0.2) is 0 Å². The molecule has 7 heterocycles. The highest BCUT2D eigenvalue weighted by molar-refractivity contribution is 8.14. The fourth-order valence-electron chi connectivity index (χ4n) is 9.91. The summed E-state index contributed by atoms with van der Waals surface area (Å²) >= 11 is 1.72. The predicted octanol–water partition coefficient (Wildman–Crippen LogP) is 33.2. The minimum Gasteiger partial charge on any atom is -0.396 e. The number of nitrogens with zero attached hydrogens (tertiary/aromatic N) is 10. The first-order valence-corrected chi connectivity index (χ1v) is 54.2. The third-order valence-corrected chi connectivity index (χ3v) is 17.6. The van der Waals surface area contributed by atoms with Crippen LogP contribution >= 0.6 is 21.8 Å². The average molecular weight is 1850 g/mol. The number of likely N-dealkylation sites (tertiary alicyclic amines) is 1. The largest absolute Gasteiger partial charge is 0.396 e. The van der Waals surface area contributed by atoms with Crippen molar-refractivity contribution in [3.8, 4) is 0 Å². The minimum absolute atomic E-state index is 0.0972. The monoisotopic (exact) mass is 1850 g/mol. The van der Waals surface area contributed by atoms with Gasteiger partial charge in [0.2, 0.25) is 0 Å². The summed E-state index contributed by atoms with van der Waals surface area (Å²) in [5.74, 6) is 6.76. The van der Waals surface area contributed by atoms with Gasteiger partial charge >= 0.3 is 0 Å². The van der Waals surface area contributed by atoms with Crippen LogP contribution in [0.15, 0.2) is 48.8 Å². The van der Waals surface area contributed by atoms with Crippen LogP contribution in [0.5, 0.6) is 0 Å². The number of rotatable bonds is 8. The van der Waals surface area contributed by atoms with E-state index < -0.39 is 5.60 Å². The summed E-state index contributed by atoms with van der Waals surface area (Å²) in [6, 6.07) is 0. The second kappa shape index (κ2) is 106. The Morgan fingerprint density at radius 2 is 0.654 bits per heavy atom. The van der Waals surface area contributed by atoms with E-state index in [-0.39, 0.29) is 28.3 Å². The van der Waals surface area contributed by atoms with Crippen molar-refractivity contribution in [3.05, 3.63) is 65.2 Å². The summed E-state index contributed by atoms with van der Waals surface area (Å²) in [7, 11) is 4.40. The smallest absolute Gasteiger partial charge is 0.0978 e. The van der Waals surface area contributed by atoms with E-state index >= 15 is 0 Å². The molecule has 7 rings (SSSR count). The Balaban J connectivity index is -0.0000000686. The highest BCUT2D eigenvalue weighted by Gasteiger charge is 2.24. The molecular formula is C111H250N10O4S2. The Morgan fingerprint density at radius 1 is 0.362 bits per heavy atom. The minimum atomic E-state index is -0.481. The van der Waals surface area contributed by atoms with Crippen molar-refractivity contribution in [3.63, 3.8) is 0 Å². The molecule has 4 fully saturated rings. The molecule has 4 saturated heterocycles. The number of morpholine rings is 1. The SMILES string of the molecule is C=S1CCN(CC(C)(C)C)CC1.CC.CC.CC.CC.CC.CC.CC.CC.CC.CC.CC.CC.CC.CC.CC(C)(C)CCCC(C)(C)O.CC(C)(C)CN1CCCCC1.CC(C)(C)CN1CCOCC1.CC(C)(C)CO.CC(C)(C)c1cnccn1.CC(C)(C)c1cnccn1.CC(C)(C)c1nccs1.CN1CCN(CC(C)(C)C)CC1.COCC(C)(C)C. The number of piperidine rings is 1. The van der Waals surface area contributed by atoms with Gasteiger partial charge in [0.25, 0.3) is 0 Å². The van der Waals surface area contributed by atoms with E-state index in [0.29, 0.717) is 43.0 Å². The number of methoxy groups -OCH3 is 1. The maximum absolute atomic E-state index is 9.41. The van der Waals surface area contributed by atoms with Gasteiger partial charge < -0.3 is 39.3 Å². The molecular weight excluding hydrogens is 1600 g/mol. The Hall–Kier alpha value is -2.35. The fraction of sp³-hybridized carbons (Fsp3) is 0.892. The molecule has 3 aromatic heterocycles. The summed E-state index contributed by atoms with van der Waals surface area (Å²) in [6.45, 7) is 146. The standard InChI is InChI=1S/C10H22N2.C10H21NS.C10H21N.C10H22O.C9H19NO.2C8H12N2.C7H11NS.C6H14O.C5H12O.14C2H6/c1-10(2,3)9-12-7-5-11(4)6-8-12;1-10(2,3)9-11-5-7-12(4)8-6-11;1-10(2,3)9-11-7-5-4-6-8-11;1-9(2,3)7-6-8-10(4,5)11;1-9(2,3)8-10-4-6-11-7-5-10;2*1-8(2,3)7-6-9-4-5-10-7;1-7(2,3)6-8-4-5-9-6;1-6(2,3)5-7-4;1-5(2,3)4-6;14*1-2/h5-9H2,1-4H3;4-9H2,1-3H3;4-9H2,1-3H3;11H,6-8H2,1-5H3;4-8H2,1-3H3;2*4-6H,1-3H3;4-5H,1-3H3;5H2,1-4H3;6H,4H2,1-3H3;14*1-2H3. The second-order valence-electron chi connectivity index (χ2n) is 40.1. The molecule has 16 heteroatoms. The van der Waals surface area contributed by atoms with Crippen molar-refractivity contribution in [2.24, 2.45) is 37.9 Å². The lowest BCUT2D eigenvalue weighted by molar-refractivity contribution is 0.0236. The number of hydrogen-bond donors (Lipinski definition) is 2. The third kappa shape index (κ3) is 152. The quantitative estimate of drug-likeness (QED) is 0.207. The van der Waals surface area contributed by atoms with E-state index in [0.717, 1.165) is 57.1 Å². The molecule has 0 spiro atoms. The number of thiazole rings is 1. The molecule has 0 aromatic carbocycles. The van der Waals surface area contributed by atoms with Gasteiger partial charge in [-0.05, 0) is 97.6 Å². The molecule has 0 atom stereocenters. The summed E-state index contributed by atoms with van der Waals surface area (Å²) in [6.07, 6.45) is 19.8. The average Bonchev–Trinajstić information content (AvgIpc) is 1.85. The number of aliphatic hydroxyl groups is 2. The molecule has 3 aromatic rings. The normalized spacial score (nSPS) is 13.9. The van der Waals surface area contributed by atoms with Crippen molar-refractivity contribution in [1.82, 2.24) is 49.4 Å². The van der Waals surface area contributed by atoms with Crippen LogP contribution < -0.4 is 0 Å². The number of piperazine rings is 1. The number of likely N-dealkylation sites (N-methyl/N-ethyl adjacent to an activating group) is 1. The van der Waals surface area contributed by atoms with Crippen molar-refractivity contribution < 1.29 is 19.7 Å². The van der Waals surface area contributed by atoms with E-state index in [1.165, 1.54) is 121 Å². The van der Waals surface area contributed by atoms with Crippen LogP contribution in [0.3, 0.4) is 0 Å². The van der Waals surface area contributed by atoms with Gasteiger partial charge in [-0.1, -0.05) is 420 Å². The molecule has 0 aliphatic carbocycles. The van der Waals surface area contributed by atoms with Gasteiger partial charge in [0.05, 0.1) is 41.8 Å². The van der Waals surface area contributed by atoms with Gasteiger partial charge in [0.1, 0.15) is 0 Å². The van der Waals surface area contributed by atoms with Crippen LogP contribution in [0.25, 0.3) is 0 Å². The number of aliphatic hydroxyl groups excluding tert-OH is 1. The van der Waals surface area contributed by atoms with Crippen LogP contribution in [-0.4, -0.2) is 215 Å². The van der Waals surface area contributed by atoms with Crippen LogP contribution in [0, 0.1) is 37.9 Å². The molecule has 2 N–H and O–H groups in total. The molecule has 0 saturated carbocycles. The number of hydrogen-bond acceptors (Lipinski definition) is 15. The molecule has 14 nitrogen and oxygen atoms in total. The molecule has 0 bridgehead atoms. The molecule has 127 heavy (non-hydrogen) atoms. The Morgan fingerprint density at radius 3 is 0.850 bits per heavy atom. The molecule has 0 amide bonds. The van der Waals surface area contributed by atoms with Gasteiger partial charge in [0, 0.05) is 169 Å². The van der Waals surface area contributed by atoms with E-state index in [9.17, 15) is 5.11 Å².